The molecule has 1 saturated heterocycles. The first kappa shape index (κ1) is 26.4. The minimum Gasteiger partial charge on any atom is -0.493 e. The summed E-state index contributed by atoms with van der Waals surface area (Å²) >= 11 is 6.80. The predicted molar refractivity (Wildman–Crippen MR) is 153 cm³/mol. The summed E-state index contributed by atoms with van der Waals surface area (Å²) in [6.45, 7) is 5.75. The number of hydrogen-bond acceptors (Lipinski definition) is 6. The summed E-state index contributed by atoms with van der Waals surface area (Å²) in [5, 5.41) is 2.87. The number of benzene rings is 3. The van der Waals surface area contributed by atoms with Gasteiger partial charge in [-0.3, -0.25) is 14.5 Å². The highest BCUT2D eigenvalue weighted by molar-refractivity contribution is 8.26. The quantitative estimate of drug-likeness (QED) is 0.272. The van der Waals surface area contributed by atoms with Gasteiger partial charge in [-0.15, -0.1) is 0 Å². The van der Waals surface area contributed by atoms with E-state index in [1.807, 2.05) is 75.4 Å². The first-order chi connectivity index (χ1) is 17.8. The number of amides is 2. The van der Waals surface area contributed by atoms with Gasteiger partial charge in [0.15, 0.2) is 18.1 Å². The summed E-state index contributed by atoms with van der Waals surface area (Å²) in [5.74, 6) is 0.491. The van der Waals surface area contributed by atoms with Crippen molar-refractivity contribution < 1.29 is 19.1 Å². The van der Waals surface area contributed by atoms with E-state index in [4.69, 9.17) is 21.7 Å². The van der Waals surface area contributed by atoms with E-state index >= 15 is 0 Å². The summed E-state index contributed by atoms with van der Waals surface area (Å²) in [5.41, 5.74) is 4.64. The van der Waals surface area contributed by atoms with Crippen LogP contribution < -0.4 is 14.8 Å². The molecular formula is C29H28N2O4S2. The molecule has 4 rings (SSSR count). The van der Waals surface area contributed by atoms with Crippen molar-refractivity contribution in [2.24, 2.45) is 0 Å². The Balaban J connectivity index is 1.44. The molecule has 2 amide bonds. The van der Waals surface area contributed by atoms with E-state index in [1.54, 1.807) is 23.1 Å². The van der Waals surface area contributed by atoms with Crippen LogP contribution in [-0.2, 0) is 9.59 Å². The smallest absolute Gasteiger partial charge is 0.266 e. The van der Waals surface area contributed by atoms with Crippen molar-refractivity contribution in [3.63, 3.8) is 0 Å². The number of hydrogen-bond donors (Lipinski definition) is 1. The van der Waals surface area contributed by atoms with Gasteiger partial charge in [0.05, 0.1) is 18.1 Å². The molecule has 1 heterocycles. The summed E-state index contributed by atoms with van der Waals surface area (Å²) in [6.07, 6.45) is 1.79. The minimum absolute atomic E-state index is 0.131. The number of thioether (sulfide) groups is 1. The van der Waals surface area contributed by atoms with Crippen molar-refractivity contribution in [1.82, 2.24) is 4.90 Å². The summed E-state index contributed by atoms with van der Waals surface area (Å²) in [4.78, 5) is 27.8. The lowest BCUT2D eigenvalue weighted by molar-refractivity contribution is -0.123. The van der Waals surface area contributed by atoms with Crippen molar-refractivity contribution >= 4 is 51.9 Å². The van der Waals surface area contributed by atoms with Crippen LogP contribution in [0.4, 0.5) is 5.69 Å². The molecule has 0 aliphatic carbocycles. The molecule has 3 aromatic rings. The Labute approximate surface area is 226 Å². The van der Waals surface area contributed by atoms with Gasteiger partial charge >= 0.3 is 0 Å². The molecule has 1 N–H and O–H groups in total. The number of anilines is 1. The molecule has 1 aliphatic heterocycles. The Kier molecular flexibility index (Phi) is 8.31. The van der Waals surface area contributed by atoms with Gasteiger partial charge < -0.3 is 14.8 Å². The van der Waals surface area contributed by atoms with Crippen molar-refractivity contribution in [1.29, 1.82) is 0 Å². The zero-order valence-corrected chi connectivity index (χ0v) is 22.7. The van der Waals surface area contributed by atoms with Gasteiger partial charge in [-0.25, -0.2) is 0 Å². The number of ether oxygens (including phenoxy) is 2. The fourth-order valence-electron chi connectivity index (χ4n) is 4.02. The van der Waals surface area contributed by atoms with Crippen molar-refractivity contribution in [3.8, 4) is 11.5 Å². The molecule has 0 unspecified atom stereocenters. The van der Waals surface area contributed by atoms with Crippen molar-refractivity contribution in [2.75, 3.05) is 19.0 Å². The highest BCUT2D eigenvalue weighted by Gasteiger charge is 2.35. The van der Waals surface area contributed by atoms with E-state index in [9.17, 15) is 9.59 Å². The van der Waals surface area contributed by atoms with Gasteiger partial charge in [-0.05, 0) is 61.7 Å². The first-order valence-electron chi connectivity index (χ1n) is 11.8. The lowest BCUT2D eigenvalue weighted by Crippen LogP contribution is -2.30. The molecule has 1 fully saturated rings. The molecule has 1 atom stereocenters. The molecule has 0 radical (unpaired) electrons. The number of carbonyl (C=O) groups is 2. The normalized spacial score (nSPS) is 15.1. The van der Waals surface area contributed by atoms with Gasteiger partial charge in [-0.1, -0.05) is 78.1 Å². The Hall–Kier alpha value is -3.62. The van der Waals surface area contributed by atoms with Gasteiger partial charge in [0, 0.05) is 5.69 Å². The van der Waals surface area contributed by atoms with E-state index in [0.717, 1.165) is 27.9 Å². The maximum absolute atomic E-state index is 13.2. The Morgan fingerprint density at radius 2 is 1.84 bits per heavy atom. The number of nitrogens with one attached hydrogen (secondary N) is 1. The molecule has 0 saturated carbocycles. The van der Waals surface area contributed by atoms with Crippen LogP contribution in [0.2, 0.25) is 0 Å². The summed E-state index contributed by atoms with van der Waals surface area (Å²) in [6, 6.07) is 20.8. The zero-order chi connectivity index (χ0) is 26.5. The molecule has 0 aromatic heterocycles. The molecule has 6 nitrogen and oxygen atoms in total. The third kappa shape index (κ3) is 6.21. The van der Waals surface area contributed by atoms with Crippen molar-refractivity contribution in [2.45, 2.75) is 26.8 Å². The molecular weight excluding hydrogens is 504 g/mol. The van der Waals surface area contributed by atoms with Gasteiger partial charge in [0.2, 0.25) is 0 Å². The fraction of sp³-hybridized carbons (Fsp3) is 0.207. The second kappa shape index (κ2) is 11.6. The molecule has 37 heavy (non-hydrogen) atoms. The number of carbonyl (C=O) groups excluding carboxylic acids is 2. The van der Waals surface area contributed by atoms with Crippen LogP contribution >= 0.6 is 24.0 Å². The lowest BCUT2D eigenvalue weighted by Gasteiger charge is -2.23. The second-order valence-corrected chi connectivity index (χ2v) is 10.4. The van der Waals surface area contributed by atoms with Gasteiger partial charge in [0.1, 0.15) is 4.32 Å². The topological polar surface area (TPSA) is 67.9 Å². The van der Waals surface area contributed by atoms with Crippen LogP contribution in [0.1, 0.15) is 35.2 Å². The Morgan fingerprint density at radius 1 is 1.08 bits per heavy atom. The molecule has 0 bridgehead atoms. The van der Waals surface area contributed by atoms with Crippen molar-refractivity contribution in [3.05, 3.63) is 93.9 Å². The third-order valence-electron chi connectivity index (χ3n) is 5.99. The second-order valence-electron chi connectivity index (χ2n) is 8.70. The number of aryl methyl sites for hydroxylation is 2. The summed E-state index contributed by atoms with van der Waals surface area (Å²) in [7, 11) is 1.53. The SMILES string of the molecule is COc1cc(/C=C2\SC(=S)N([C@@H](C)c3ccccc3)C2=O)ccc1OCC(=O)Nc1ccc(C)cc1C. The molecule has 190 valence electrons. The first-order valence-corrected chi connectivity index (χ1v) is 13.0. The third-order valence-corrected chi connectivity index (χ3v) is 7.32. The zero-order valence-electron chi connectivity index (χ0n) is 21.1. The highest BCUT2D eigenvalue weighted by atomic mass is 32.2. The fourth-order valence-corrected chi connectivity index (χ4v) is 5.44. The highest BCUT2D eigenvalue weighted by Crippen LogP contribution is 2.39. The average molecular weight is 533 g/mol. The maximum atomic E-state index is 13.2. The van der Waals surface area contributed by atoms with E-state index in [-0.39, 0.29) is 24.5 Å². The Bertz CT molecular complexity index is 1370. The lowest BCUT2D eigenvalue weighted by atomic mass is 10.1. The van der Waals surface area contributed by atoms with Crippen LogP contribution in [0.25, 0.3) is 6.08 Å². The number of rotatable bonds is 8. The molecule has 8 heteroatoms. The van der Waals surface area contributed by atoms with E-state index in [0.29, 0.717) is 20.7 Å². The number of nitrogens with zero attached hydrogens (tertiary/aromatic N) is 1. The Morgan fingerprint density at radius 3 is 2.54 bits per heavy atom. The standard InChI is InChI=1S/C29H28N2O4S2/c1-18-10-12-23(19(2)14-18)30-27(32)17-35-24-13-11-21(15-25(24)34-4)16-26-28(33)31(29(36)37-26)20(3)22-8-6-5-7-9-22/h5-16,20H,17H2,1-4H3,(H,30,32)/b26-16-/t20-/m0/s1. The van der Waals surface area contributed by atoms with Crippen LogP contribution in [0.15, 0.2) is 71.6 Å². The number of methoxy groups -OCH3 is 1. The van der Waals surface area contributed by atoms with Crippen LogP contribution in [0.3, 0.4) is 0 Å². The molecule has 0 spiro atoms. The molecule has 3 aromatic carbocycles. The van der Waals surface area contributed by atoms with E-state index in [2.05, 4.69) is 5.32 Å². The average Bonchev–Trinajstić information content (AvgIpc) is 3.17. The maximum Gasteiger partial charge on any atom is 0.266 e. The largest absolute Gasteiger partial charge is 0.493 e. The number of thiocarbonyl (C=S) groups is 1. The van der Waals surface area contributed by atoms with Gasteiger partial charge in [-0.2, -0.15) is 0 Å². The van der Waals surface area contributed by atoms with Gasteiger partial charge in [0.25, 0.3) is 11.8 Å². The van der Waals surface area contributed by atoms with E-state index in [1.165, 1.54) is 18.9 Å². The monoisotopic (exact) mass is 532 g/mol. The predicted octanol–water partition coefficient (Wildman–Crippen LogP) is 6.29. The molecule has 1 aliphatic rings. The van der Waals surface area contributed by atoms with Crippen LogP contribution in [0, 0.1) is 13.8 Å². The van der Waals surface area contributed by atoms with Crippen LogP contribution in [-0.4, -0.2) is 34.8 Å². The summed E-state index contributed by atoms with van der Waals surface area (Å²) < 4.78 is 11.7. The minimum atomic E-state index is -0.269. The van der Waals surface area contributed by atoms with Crippen LogP contribution in [0.5, 0.6) is 11.5 Å². The van der Waals surface area contributed by atoms with E-state index < -0.39 is 0 Å².